The lowest BCUT2D eigenvalue weighted by atomic mass is 9.98. The quantitative estimate of drug-likeness (QED) is 0.571. The van der Waals surface area contributed by atoms with E-state index < -0.39 is 17.7 Å². The number of furan rings is 1. The highest BCUT2D eigenvalue weighted by Crippen LogP contribution is 2.29. The normalized spacial score (nSPS) is 12.7. The fraction of sp³-hybridized carbons (Fsp3) is 0.125. The summed E-state index contributed by atoms with van der Waals surface area (Å²) in [5.41, 5.74) is 4.10. The van der Waals surface area contributed by atoms with Gasteiger partial charge in [-0.25, -0.2) is 8.78 Å². The molecule has 108 valence electrons. The molecule has 0 aliphatic carbocycles. The highest BCUT2D eigenvalue weighted by atomic mass is 19.1. The van der Waals surface area contributed by atoms with Gasteiger partial charge in [0.05, 0.1) is 12.3 Å². The van der Waals surface area contributed by atoms with Gasteiger partial charge < -0.3 is 4.42 Å². The van der Waals surface area contributed by atoms with E-state index in [2.05, 4.69) is 5.43 Å². The number of hydrogen-bond acceptors (Lipinski definition) is 3. The van der Waals surface area contributed by atoms with E-state index in [1.54, 1.807) is 6.26 Å². The maximum absolute atomic E-state index is 13.8. The number of para-hydroxylation sites is 1. The van der Waals surface area contributed by atoms with Crippen LogP contribution in [0.15, 0.2) is 53.1 Å². The van der Waals surface area contributed by atoms with Crippen molar-refractivity contribution in [3.05, 3.63) is 71.5 Å². The van der Waals surface area contributed by atoms with Gasteiger partial charge in [-0.1, -0.05) is 24.3 Å². The van der Waals surface area contributed by atoms with E-state index in [1.165, 1.54) is 18.2 Å². The number of halogens is 2. The Hall–Kier alpha value is -2.24. The van der Waals surface area contributed by atoms with Gasteiger partial charge in [0.15, 0.2) is 0 Å². The summed E-state index contributed by atoms with van der Waals surface area (Å²) in [4.78, 5) is 0. The highest BCUT2D eigenvalue weighted by Gasteiger charge is 2.20. The minimum Gasteiger partial charge on any atom is -0.464 e. The van der Waals surface area contributed by atoms with E-state index in [1.807, 2.05) is 24.3 Å². The molecule has 2 aromatic carbocycles. The maximum atomic E-state index is 13.8. The summed E-state index contributed by atoms with van der Waals surface area (Å²) in [6.07, 6.45) is 1.66. The van der Waals surface area contributed by atoms with Gasteiger partial charge in [-0.15, -0.1) is 0 Å². The van der Waals surface area contributed by atoms with Crippen LogP contribution in [0.5, 0.6) is 0 Å². The summed E-state index contributed by atoms with van der Waals surface area (Å²) in [6, 6.07) is 10.8. The van der Waals surface area contributed by atoms with Crippen LogP contribution in [-0.4, -0.2) is 0 Å². The lowest BCUT2D eigenvalue weighted by Gasteiger charge is -2.15. The van der Waals surface area contributed by atoms with Crippen LogP contribution < -0.4 is 11.3 Å². The Labute approximate surface area is 120 Å². The van der Waals surface area contributed by atoms with Gasteiger partial charge >= 0.3 is 0 Å². The van der Waals surface area contributed by atoms with Crippen LogP contribution in [0.3, 0.4) is 0 Å². The molecule has 3 rings (SSSR count). The van der Waals surface area contributed by atoms with E-state index >= 15 is 0 Å². The third-order valence-electron chi connectivity index (χ3n) is 3.56. The fourth-order valence-electron chi connectivity index (χ4n) is 2.46. The second-order valence-corrected chi connectivity index (χ2v) is 4.81. The van der Waals surface area contributed by atoms with Gasteiger partial charge in [0.25, 0.3) is 0 Å². The maximum Gasteiger partial charge on any atom is 0.134 e. The summed E-state index contributed by atoms with van der Waals surface area (Å²) >= 11 is 0. The third-order valence-corrected chi connectivity index (χ3v) is 3.56. The van der Waals surface area contributed by atoms with Gasteiger partial charge in [0.1, 0.15) is 17.2 Å². The average Bonchev–Trinajstić information content (AvgIpc) is 2.91. The van der Waals surface area contributed by atoms with E-state index in [0.29, 0.717) is 5.58 Å². The second-order valence-electron chi connectivity index (χ2n) is 4.81. The molecule has 1 aromatic heterocycles. The Bertz CT molecular complexity index is 750. The number of hydrazine groups is 1. The first-order valence-electron chi connectivity index (χ1n) is 6.56. The molecule has 3 nitrogen and oxygen atoms in total. The fourth-order valence-corrected chi connectivity index (χ4v) is 2.46. The van der Waals surface area contributed by atoms with Crippen LogP contribution in [0, 0.1) is 11.6 Å². The van der Waals surface area contributed by atoms with Crippen LogP contribution in [0.25, 0.3) is 11.0 Å². The Morgan fingerprint density at radius 1 is 1.05 bits per heavy atom. The van der Waals surface area contributed by atoms with Crippen LogP contribution >= 0.6 is 0 Å². The predicted molar refractivity (Wildman–Crippen MR) is 76.3 cm³/mol. The van der Waals surface area contributed by atoms with E-state index in [-0.39, 0.29) is 12.0 Å². The van der Waals surface area contributed by atoms with Crippen molar-refractivity contribution in [1.29, 1.82) is 0 Å². The molecule has 3 aromatic rings. The molecular weight excluding hydrogens is 274 g/mol. The molecule has 0 aliphatic rings. The van der Waals surface area contributed by atoms with Crippen molar-refractivity contribution < 1.29 is 13.2 Å². The summed E-state index contributed by atoms with van der Waals surface area (Å²) in [7, 11) is 0. The Morgan fingerprint density at radius 3 is 2.48 bits per heavy atom. The summed E-state index contributed by atoms with van der Waals surface area (Å²) < 4.78 is 33.0. The molecule has 0 radical (unpaired) electrons. The molecule has 5 heteroatoms. The molecule has 1 atom stereocenters. The zero-order valence-corrected chi connectivity index (χ0v) is 11.1. The van der Waals surface area contributed by atoms with Crippen LogP contribution in [0.4, 0.5) is 8.78 Å². The molecule has 0 saturated heterocycles. The number of benzene rings is 2. The molecule has 0 amide bonds. The predicted octanol–water partition coefficient (Wildman–Crippen LogP) is 3.46. The first kappa shape index (κ1) is 13.7. The van der Waals surface area contributed by atoms with Crippen molar-refractivity contribution in [2.75, 3.05) is 0 Å². The van der Waals surface area contributed by atoms with E-state index in [0.717, 1.165) is 10.9 Å². The molecule has 1 unspecified atom stereocenters. The third kappa shape index (κ3) is 2.53. The number of nitrogens with one attached hydrogen (secondary N) is 1. The van der Waals surface area contributed by atoms with Gasteiger partial charge in [-0.3, -0.25) is 11.3 Å². The minimum atomic E-state index is -0.581. The lowest BCUT2D eigenvalue weighted by Crippen LogP contribution is -2.30. The number of fused-ring (bicyclic) bond motifs is 1. The molecule has 0 saturated carbocycles. The van der Waals surface area contributed by atoms with Gasteiger partial charge in [0, 0.05) is 16.5 Å². The van der Waals surface area contributed by atoms with Crippen molar-refractivity contribution in [1.82, 2.24) is 5.43 Å². The molecule has 0 bridgehead atoms. The Kier molecular flexibility index (Phi) is 3.68. The zero-order valence-electron chi connectivity index (χ0n) is 11.1. The molecule has 3 N–H and O–H groups in total. The number of rotatable bonds is 4. The number of hydrogen-bond donors (Lipinski definition) is 2. The van der Waals surface area contributed by atoms with E-state index in [4.69, 9.17) is 10.3 Å². The summed E-state index contributed by atoms with van der Waals surface area (Å²) in [5, 5.41) is 0.872. The molecule has 21 heavy (non-hydrogen) atoms. The van der Waals surface area contributed by atoms with Crippen molar-refractivity contribution in [2.45, 2.75) is 12.5 Å². The monoisotopic (exact) mass is 288 g/mol. The molecule has 0 aliphatic heterocycles. The van der Waals surface area contributed by atoms with Gasteiger partial charge in [0.2, 0.25) is 0 Å². The molecule has 0 spiro atoms. The Balaban J connectivity index is 1.99. The molecule has 1 heterocycles. The number of nitrogens with two attached hydrogens (primary N) is 1. The molecule has 0 fully saturated rings. The van der Waals surface area contributed by atoms with Crippen molar-refractivity contribution in [3.63, 3.8) is 0 Å². The van der Waals surface area contributed by atoms with Crippen LogP contribution in [0.2, 0.25) is 0 Å². The van der Waals surface area contributed by atoms with Gasteiger partial charge in [-0.05, 0) is 24.6 Å². The smallest absolute Gasteiger partial charge is 0.134 e. The lowest BCUT2D eigenvalue weighted by molar-refractivity contribution is 0.495. The average molecular weight is 288 g/mol. The zero-order chi connectivity index (χ0) is 14.8. The highest BCUT2D eigenvalue weighted by molar-refractivity contribution is 5.81. The Morgan fingerprint density at radius 2 is 1.76 bits per heavy atom. The first-order chi connectivity index (χ1) is 10.2. The van der Waals surface area contributed by atoms with Gasteiger partial charge in [-0.2, -0.15) is 0 Å². The second kappa shape index (κ2) is 5.63. The van der Waals surface area contributed by atoms with Crippen LogP contribution in [0.1, 0.15) is 17.2 Å². The SMILES string of the molecule is NNC(Cc1c(F)cccc1F)c1coc2ccccc12. The summed E-state index contributed by atoms with van der Waals surface area (Å²) in [6.45, 7) is 0. The summed E-state index contributed by atoms with van der Waals surface area (Å²) in [5.74, 6) is 4.41. The standard InChI is InChI=1S/C16H14F2N2O/c17-13-5-3-6-14(18)11(13)8-15(20-19)12-9-21-16-7-2-1-4-10(12)16/h1-7,9,15,20H,8,19H2. The van der Waals surface area contributed by atoms with Crippen molar-refractivity contribution in [2.24, 2.45) is 5.84 Å². The van der Waals surface area contributed by atoms with Crippen molar-refractivity contribution in [3.8, 4) is 0 Å². The topological polar surface area (TPSA) is 51.2 Å². The van der Waals surface area contributed by atoms with E-state index in [9.17, 15) is 8.78 Å². The minimum absolute atomic E-state index is 0.00531. The first-order valence-corrected chi connectivity index (χ1v) is 6.56. The largest absolute Gasteiger partial charge is 0.464 e. The molecular formula is C16H14F2N2O. The van der Waals surface area contributed by atoms with Crippen molar-refractivity contribution >= 4 is 11.0 Å². The van der Waals surface area contributed by atoms with Crippen LogP contribution in [-0.2, 0) is 6.42 Å².